The molecule has 0 spiro atoms. The predicted octanol–water partition coefficient (Wildman–Crippen LogP) is 2.97. The fraction of sp³-hybridized carbons (Fsp3) is 0.312. The number of hydrogen-bond acceptors (Lipinski definition) is 3. The Kier molecular flexibility index (Phi) is 4.58. The first-order chi connectivity index (χ1) is 9.69. The molecule has 2 N–H and O–H groups in total. The monoisotopic (exact) mass is 272 g/mol. The molecular weight excluding hydrogens is 252 g/mol. The molecule has 2 rings (SSSR count). The van der Waals surface area contributed by atoms with E-state index in [2.05, 4.69) is 0 Å². The van der Waals surface area contributed by atoms with E-state index in [1.807, 2.05) is 44.2 Å². The molecule has 4 nitrogen and oxygen atoms in total. The van der Waals surface area contributed by atoms with Crippen molar-refractivity contribution in [3.8, 4) is 0 Å². The van der Waals surface area contributed by atoms with Gasteiger partial charge in [-0.25, -0.2) is 0 Å². The van der Waals surface area contributed by atoms with Crippen LogP contribution in [0.4, 0.5) is 5.69 Å². The standard InChI is InChI=1S/C16H20N2O2/c1-3-14-9-10-15(20-14)16(19)18(4-2)13-7-5-12(11-17)6-8-13/h5-10H,3-4,11,17H2,1-2H3. The number of rotatable bonds is 5. The Labute approximate surface area is 119 Å². The second-order valence-electron chi connectivity index (χ2n) is 4.54. The van der Waals surface area contributed by atoms with Gasteiger partial charge in [0.1, 0.15) is 5.76 Å². The third-order valence-corrected chi connectivity index (χ3v) is 3.27. The summed E-state index contributed by atoms with van der Waals surface area (Å²) >= 11 is 0. The quantitative estimate of drug-likeness (QED) is 0.910. The Morgan fingerprint density at radius 1 is 1.15 bits per heavy atom. The number of carbonyl (C=O) groups is 1. The van der Waals surface area contributed by atoms with Crippen molar-refractivity contribution in [1.29, 1.82) is 0 Å². The van der Waals surface area contributed by atoms with Gasteiger partial charge in [0.05, 0.1) is 0 Å². The van der Waals surface area contributed by atoms with Crippen LogP contribution in [0.15, 0.2) is 40.8 Å². The molecule has 0 aliphatic rings. The van der Waals surface area contributed by atoms with Gasteiger partial charge in [-0.05, 0) is 36.8 Å². The maximum absolute atomic E-state index is 12.5. The normalized spacial score (nSPS) is 10.6. The zero-order chi connectivity index (χ0) is 14.5. The number of nitrogens with zero attached hydrogens (tertiary/aromatic N) is 1. The van der Waals surface area contributed by atoms with Gasteiger partial charge in [0.15, 0.2) is 5.76 Å². The lowest BCUT2D eigenvalue weighted by molar-refractivity contribution is 0.0960. The van der Waals surface area contributed by atoms with E-state index in [-0.39, 0.29) is 5.91 Å². The highest BCUT2D eigenvalue weighted by atomic mass is 16.4. The molecule has 20 heavy (non-hydrogen) atoms. The molecule has 0 fully saturated rings. The van der Waals surface area contributed by atoms with Crippen molar-refractivity contribution in [2.75, 3.05) is 11.4 Å². The van der Waals surface area contributed by atoms with Crippen LogP contribution in [-0.2, 0) is 13.0 Å². The molecule has 1 aromatic carbocycles. The first-order valence-electron chi connectivity index (χ1n) is 6.89. The lowest BCUT2D eigenvalue weighted by atomic mass is 10.2. The molecule has 1 aromatic heterocycles. The molecule has 0 saturated heterocycles. The minimum atomic E-state index is -0.118. The van der Waals surface area contributed by atoms with Gasteiger partial charge < -0.3 is 15.1 Å². The summed E-state index contributed by atoms with van der Waals surface area (Å²) in [5, 5.41) is 0. The largest absolute Gasteiger partial charge is 0.456 e. The molecule has 0 unspecified atom stereocenters. The number of furan rings is 1. The van der Waals surface area contributed by atoms with Crippen molar-refractivity contribution in [2.45, 2.75) is 26.8 Å². The average Bonchev–Trinajstić information content (AvgIpc) is 2.97. The predicted molar refractivity (Wildman–Crippen MR) is 79.8 cm³/mol. The summed E-state index contributed by atoms with van der Waals surface area (Å²) in [5.41, 5.74) is 7.48. The average molecular weight is 272 g/mol. The van der Waals surface area contributed by atoms with E-state index in [4.69, 9.17) is 10.2 Å². The van der Waals surface area contributed by atoms with E-state index in [9.17, 15) is 4.79 Å². The first kappa shape index (κ1) is 14.3. The number of benzene rings is 1. The van der Waals surface area contributed by atoms with Crippen molar-refractivity contribution < 1.29 is 9.21 Å². The van der Waals surface area contributed by atoms with E-state index in [1.165, 1.54) is 0 Å². The van der Waals surface area contributed by atoms with Gasteiger partial charge in [0.2, 0.25) is 0 Å². The fourth-order valence-electron chi connectivity index (χ4n) is 2.07. The number of hydrogen-bond donors (Lipinski definition) is 1. The minimum Gasteiger partial charge on any atom is -0.456 e. The molecule has 4 heteroatoms. The first-order valence-corrected chi connectivity index (χ1v) is 6.89. The fourth-order valence-corrected chi connectivity index (χ4v) is 2.07. The summed E-state index contributed by atoms with van der Waals surface area (Å²) in [7, 11) is 0. The zero-order valence-corrected chi connectivity index (χ0v) is 11.9. The van der Waals surface area contributed by atoms with Crippen LogP contribution in [0, 0.1) is 0 Å². The van der Waals surface area contributed by atoms with Gasteiger partial charge in [-0.1, -0.05) is 19.1 Å². The third kappa shape index (κ3) is 2.91. The topological polar surface area (TPSA) is 59.5 Å². The van der Waals surface area contributed by atoms with Crippen LogP contribution in [0.3, 0.4) is 0 Å². The lowest BCUT2D eigenvalue weighted by Gasteiger charge is -2.20. The maximum atomic E-state index is 12.5. The highest BCUT2D eigenvalue weighted by molar-refractivity contribution is 6.04. The Morgan fingerprint density at radius 2 is 1.85 bits per heavy atom. The molecule has 2 aromatic rings. The van der Waals surface area contributed by atoms with Crippen LogP contribution in [0.5, 0.6) is 0 Å². The molecule has 0 radical (unpaired) electrons. The second kappa shape index (κ2) is 6.39. The summed E-state index contributed by atoms with van der Waals surface area (Å²) < 4.78 is 5.53. The minimum absolute atomic E-state index is 0.118. The Morgan fingerprint density at radius 3 is 2.35 bits per heavy atom. The van der Waals surface area contributed by atoms with E-state index in [0.717, 1.165) is 23.4 Å². The maximum Gasteiger partial charge on any atom is 0.293 e. The summed E-state index contributed by atoms with van der Waals surface area (Å²) in [4.78, 5) is 14.2. The molecule has 1 heterocycles. The van der Waals surface area contributed by atoms with E-state index < -0.39 is 0 Å². The van der Waals surface area contributed by atoms with E-state index >= 15 is 0 Å². The van der Waals surface area contributed by atoms with Crippen LogP contribution >= 0.6 is 0 Å². The number of nitrogens with two attached hydrogens (primary N) is 1. The third-order valence-electron chi connectivity index (χ3n) is 3.27. The molecular formula is C16H20N2O2. The van der Waals surface area contributed by atoms with Gasteiger partial charge in [-0.3, -0.25) is 4.79 Å². The van der Waals surface area contributed by atoms with Crippen molar-refractivity contribution >= 4 is 11.6 Å². The van der Waals surface area contributed by atoms with Crippen molar-refractivity contribution in [3.05, 3.63) is 53.5 Å². The van der Waals surface area contributed by atoms with Crippen LogP contribution in [0.25, 0.3) is 0 Å². The van der Waals surface area contributed by atoms with Crippen molar-refractivity contribution in [3.63, 3.8) is 0 Å². The van der Waals surface area contributed by atoms with Crippen molar-refractivity contribution in [2.24, 2.45) is 5.73 Å². The molecule has 0 aliphatic heterocycles. The number of anilines is 1. The molecule has 106 valence electrons. The van der Waals surface area contributed by atoms with Crippen LogP contribution in [-0.4, -0.2) is 12.5 Å². The summed E-state index contributed by atoms with van der Waals surface area (Å²) in [5.74, 6) is 1.09. The Hall–Kier alpha value is -2.07. The van der Waals surface area contributed by atoms with Gasteiger partial charge in [-0.15, -0.1) is 0 Å². The number of carbonyl (C=O) groups excluding carboxylic acids is 1. The van der Waals surface area contributed by atoms with Crippen LogP contribution < -0.4 is 10.6 Å². The summed E-state index contributed by atoms with van der Waals surface area (Å²) in [6.45, 7) is 5.02. The van der Waals surface area contributed by atoms with Crippen LogP contribution in [0.1, 0.15) is 35.7 Å². The number of amides is 1. The second-order valence-corrected chi connectivity index (χ2v) is 4.54. The Bertz CT molecular complexity index is 572. The molecule has 0 bridgehead atoms. The van der Waals surface area contributed by atoms with Gasteiger partial charge in [-0.2, -0.15) is 0 Å². The zero-order valence-electron chi connectivity index (χ0n) is 11.9. The molecule has 1 amide bonds. The molecule has 0 saturated carbocycles. The summed E-state index contributed by atoms with van der Waals surface area (Å²) in [6, 6.07) is 11.3. The SMILES string of the molecule is CCc1ccc(C(=O)N(CC)c2ccc(CN)cc2)o1. The van der Waals surface area contributed by atoms with Gasteiger partial charge >= 0.3 is 0 Å². The summed E-state index contributed by atoms with van der Waals surface area (Å²) in [6.07, 6.45) is 0.782. The highest BCUT2D eigenvalue weighted by Crippen LogP contribution is 2.19. The molecule has 0 atom stereocenters. The van der Waals surface area contributed by atoms with E-state index in [1.54, 1.807) is 11.0 Å². The van der Waals surface area contributed by atoms with Crippen LogP contribution in [0.2, 0.25) is 0 Å². The molecule has 0 aliphatic carbocycles. The lowest BCUT2D eigenvalue weighted by Crippen LogP contribution is -2.30. The van der Waals surface area contributed by atoms with Gasteiger partial charge in [0, 0.05) is 25.2 Å². The van der Waals surface area contributed by atoms with E-state index in [0.29, 0.717) is 18.8 Å². The Balaban J connectivity index is 2.23. The smallest absolute Gasteiger partial charge is 0.293 e. The van der Waals surface area contributed by atoms with Gasteiger partial charge in [0.25, 0.3) is 5.91 Å². The highest BCUT2D eigenvalue weighted by Gasteiger charge is 2.19. The van der Waals surface area contributed by atoms with Crippen molar-refractivity contribution in [1.82, 2.24) is 0 Å². The number of aryl methyl sites for hydroxylation is 1.